The third-order valence-corrected chi connectivity index (χ3v) is 3.25. The van der Waals surface area contributed by atoms with Crippen molar-refractivity contribution < 1.29 is 9.18 Å². The van der Waals surface area contributed by atoms with Gasteiger partial charge in [-0.3, -0.25) is 4.79 Å². The molecular formula is C18H18FNO. The molecule has 0 amide bonds. The van der Waals surface area contributed by atoms with Crippen molar-refractivity contribution in [2.24, 2.45) is 0 Å². The minimum absolute atomic E-state index is 0.0454. The number of ketones is 1. The van der Waals surface area contributed by atoms with Crippen molar-refractivity contribution in [3.8, 4) is 0 Å². The Balaban J connectivity index is 2.41. The molecule has 2 aromatic carbocycles. The molecule has 0 bridgehead atoms. The fourth-order valence-corrected chi connectivity index (χ4v) is 2.12. The van der Waals surface area contributed by atoms with Crippen molar-refractivity contribution in [3.05, 3.63) is 72.2 Å². The van der Waals surface area contributed by atoms with Crippen LogP contribution in [0.1, 0.15) is 19.4 Å². The molecule has 0 saturated heterocycles. The maximum atomic E-state index is 13.0. The average molecular weight is 283 g/mol. The quantitative estimate of drug-likeness (QED) is 0.763. The second kappa shape index (κ2) is 6.84. The lowest BCUT2D eigenvalue weighted by Gasteiger charge is -2.20. The first-order chi connectivity index (χ1) is 10.1. The van der Waals surface area contributed by atoms with Gasteiger partial charge in [-0.05, 0) is 43.7 Å². The lowest BCUT2D eigenvalue weighted by Crippen LogP contribution is -2.17. The summed E-state index contributed by atoms with van der Waals surface area (Å²) >= 11 is 0. The molecule has 2 aromatic rings. The Morgan fingerprint density at radius 3 is 2.24 bits per heavy atom. The smallest absolute Gasteiger partial charge is 0.161 e. The van der Waals surface area contributed by atoms with Gasteiger partial charge in [-0.15, -0.1) is 0 Å². The molecule has 0 fully saturated rings. The highest BCUT2D eigenvalue weighted by Gasteiger charge is 2.10. The summed E-state index contributed by atoms with van der Waals surface area (Å²) in [4.78, 5) is 13.9. The van der Waals surface area contributed by atoms with Crippen molar-refractivity contribution in [1.29, 1.82) is 0 Å². The first-order valence-electron chi connectivity index (χ1n) is 6.92. The molecule has 0 saturated carbocycles. The van der Waals surface area contributed by atoms with Crippen LogP contribution in [0.5, 0.6) is 0 Å². The molecular weight excluding hydrogens is 265 g/mol. The van der Waals surface area contributed by atoms with Gasteiger partial charge in [-0.2, -0.15) is 0 Å². The molecule has 0 radical (unpaired) electrons. The van der Waals surface area contributed by atoms with Crippen molar-refractivity contribution in [2.45, 2.75) is 13.8 Å². The molecule has 21 heavy (non-hydrogen) atoms. The molecule has 0 aromatic heterocycles. The van der Waals surface area contributed by atoms with Crippen LogP contribution in [0.2, 0.25) is 0 Å². The predicted molar refractivity (Wildman–Crippen MR) is 84.5 cm³/mol. The van der Waals surface area contributed by atoms with E-state index in [0.29, 0.717) is 5.57 Å². The second-order valence-corrected chi connectivity index (χ2v) is 4.73. The molecule has 0 heterocycles. The molecule has 0 atom stereocenters. The molecule has 2 nitrogen and oxygen atoms in total. The number of hydrogen-bond acceptors (Lipinski definition) is 2. The Morgan fingerprint density at radius 1 is 1.10 bits per heavy atom. The van der Waals surface area contributed by atoms with E-state index < -0.39 is 0 Å². The molecule has 0 spiro atoms. The van der Waals surface area contributed by atoms with Crippen LogP contribution in [0.4, 0.5) is 10.1 Å². The number of carbonyl (C=O) groups is 1. The van der Waals surface area contributed by atoms with E-state index in [-0.39, 0.29) is 11.6 Å². The van der Waals surface area contributed by atoms with Gasteiger partial charge >= 0.3 is 0 Å². The van der Waals surface area contributed by atoms with Crippen LogP contribution in [0.3, 0.4) is 0 Å². The number of nitrogens with zero attached hydrogens (tertiary/aromatic N) is 1. The lowest BCUT2D eigenvalue weighted by molar-refractivity contribution is -0.111. The van der Waals surface area contributed by atoms with Gasteiger partial charge in [0, 0.05) is 24.0 Å². The summed E-state index contributed by atoms with van der Waals surface area (Å²) < 4.78 is 13.0. The number of rotatable bonds is 5. The van der Waals surface area contributed by atoms with Crippen LogP contribution < -0.4 is 4.90 Å². The topological polar surface area (TPSA) is 20.3 Å². The summed E-state index contributed by atoms with van der Waals surface area (Å²) in [5.74, 6) is -0.354. The average Bonchev–Trinajstić information content (AvgIpc) is 2.50. The van der Waals surface area contributed by atoms with Gasteiger partial charge < -0.3 is 4.90 Å². The van der Waals surface area contributed by atoms with Crippen molar-refractivity contribution >= 4 is 17.0 Å². The normalized spacial score (nSPS) is 11.3. The third-order valence-electron chi connectivity index (χ3n) is 3.25. The minimum atomic E-state index is -0.308. The Bertz CT molecular complexity index is 632. The van der Waals surface area contributed by atoms with Gasteiger partial charge in [-0.25, -0.2) is 4.39 Å². The maximum absolute atomic E-state index is 13.0. The van der Waals surface area contributed by atoms with Gasteiger partial charge in [0.2, 0.25) is 0 Å². The number of carbonyl (C=O) groups excluding carboxylic acids is 1. The first kappa shape index (κ1) is 15.0. The van der Waals surface area contributed by atoms with Crippen molar-refractivity contribution in [2.75, 3.05) is 11.4 Å². The lowest BCUT2D eigenvalue weighted by atomic mass is 10.0. The van der Waals surface area contributed by atoms with Crippen LogP contribution in [0, 0.1) is 5.82 Å². The van der Waals surface area contributed by atoms with Gasteiger partial charge in [0.15, 0.2) is 5.78 Å². The molecule has 0 unspecified atom stereocenters. The molecule has 0 aliphatic carbocycles. The fraction of sp³-hybridized carbons (Fsp3) is 0.167. The summed E-state index contributed by atoms with van der Waals surface area (Å²) in [6.45, 7) is 4.28. The number of Topliss-reactive ketones (excluding diaryl/α,β-unsaturated/α-hetero) is 1. The van der Waals surface area contributed by atoms with E-state index in [0.717, 1.165) is 17.8 Å². The molecule has 2 rings (SSSR count). The molecule has 0 aliphatic rings. The zero-order valence-corrected chi connectivity index (χ0v) is 12.2. The van der Waals surface area contributed by atoms with Gasteiger partial charge in [0.05, 0.1) is 0 Å². The zero-order valence-electron chi connectivity index (χ0n) is 12.2. The van der Waals surface area contributed by atoms with Crippen molar-refractivity contribution in [3.63, 3.8) is 0 Å². The molecule has 0 N–H and O–H groups in total. The van der Waals surface area contributed by atoms with Crippen LogP contribution >= 0.6 is 0 Å². The van der Waals surface area contributed by atoms with E-state index in [2.05, 4.69) is 0 Å². The largest absolute Gasteiger partial charge is 0.348 e. The molecule has 3 heteroatoms. The predicted octanol–water partition coefficient (Wildman–Crippen LogP) is 4.28. The minimum Gasteiger partial charge on any atom is -0.348 e. The monoisotopic (exact) mass is 283 g/mol. The Kier molecular flexibility index (Phi) is 4.88. The van der Waals surface area contributed by atoms with Crippen LogP contribution in [-0.2, 0) is 4.79 Å². The van der Waals surface area contributed by atoms with E-state index in [1.54, 1.807) is 12.1 Å². The van der Waals surface area contributed by atoms with Crippen LogP contribution in [0.15, 0.2) is 60.8 Å². The molecule has 108 valence electrons. The second-order valence-electron chi connectivity index (χ2n) is 4.73. The highest BCUT2D eigenvalue weighted by atomic mass is 19.1. The number of benzene rings is 2. The van der Waals surface area contributed by atoms with E-state index in [4.69, 9.17) is 0 Å². The van der Waals surface area contributed by atoms with E-state index in [9.17, 15) is 9.18 Å². The number of anilines is 1. The summed E-state index contributed by atoms with van der Waals surface area (Å²) in [5.41, 5.74) is 2.31. The van der Waals surface area contributed by atoms with Gasteiger partial charge in [0.25, 0.3) is 0 Å². The molecule has 0 aliphatic heterocycles. The summed E-state index contributed by atoms with van der Waals surface area (Å²) in [7, 11) is 0. The maximum Gasteiger partial charge on any atom is 0.161 e. The third kappa shape index (κ3) is 3.78. The van der Waals surface area contributed by atoms with Crippen LogP contribution in [0.25, 0.3) is 5.57 Å². The SMILES string of the molecule is CCN(/C=C(\C(C)=O)c1ccc(F)cc1)c1ccccc1. The van der Waals surface area contributed by atoms with Crippen molar-refractivity contribution in [1.82, 2.24) is 0 Å². The Labute approximate surface area is 124 Å². The Hall–Kier alpha value is -2.42. The zero-order chi connectivity index (χ0) is 15.2. The Morgan fingerprint density at radius 2 is 1.71 bits per heavy atom. The van der Waals surface area contributed by atoms with E-state index in [1.165, 1.54) is 19.1 Å². The number of para-hydroxylation sites is 1. The van der Waals surface area contributed by atoms with Gasteiger partial charge in [0.1, 0.15) is 5.82 Å². The first-order valence-corrected chi connectivity index (χ1v) is 6.92. The number of halogens is 1. The highest BCUT2D eigenvalue weighted by Crippen LogP contribution is 2.21. The fourth-order valence-electron chi connectivity index (χ4n) is 2.12. The van der Waals surface area contributed by atoms with E-state index >= 15 is 0 Å². The standard InChI is InChI=1S/C18H18FNO/c1-3-20(17-7-5-4-6-8-17)13-18(14(2)21)15-9-11-16(19)12-10-15/h4-13H,3H2,1-2H3/b18-13+. The summed E-state index contributed by atoms with van der Waals surface area (Å²) in [5, 5.41) is 0. The summed E-state index contributed by atoms with van der Waals surface area (Å²) in [6.07, 6.45) is 1.82. The number of hydrogen-bond donors (Lipinski definition) is 0. The van der Waals surface area contributed by atoms with E-state index in [1.807, 2.05) is 48.4 Å². The number of allylic oxidation sites excluding steroid dienone is 1. The van der Waals surface area contributed by atoms with Gasteiger partial charge in [-0.1, -0.05) is 30.3 Å². The highest BCUT2D eigenvalue weighted by molar-refractivity contribution is 6.19. The van der Waals surface area contributed by atoms with Crippen LogP contribution in [-0.4, -0.2) is 12.3 Å². The summed E-state index contributed by atoms with van der Waals surface area (Å²) in [6, 6.07) is 15.8.